The number of para-hydroxylation sites is 1. The minimum absolute atomic E-state index is 0.0779. The number of methoxy groups -OCH3 is 2. The van der Waals surface area contributed by atoms with Crippen molar-refractivity contribution in [1.29, 1.82) is 0 Å². The van der Waals surface area contributed by atoms with Gasteiger partial charge in [0.2, 0.25) is 15.9 Å². The van der Waals surface area contributed by atoms with Gasteiger partial charge < -0.3 is 14.4 Å². The Balaban J connectivity index is 1.83. The fourth-order valence-electron chi connectivity index (χ4n) is 3.14. The lowest BCUT2D eigenvalue weighted by atomic mass is 10.2. The molecule has 0 unspecified atom stereocenters. The molecule has 1 aliphatic rings. The number of hydrogen-bond acceptors (Lipinski definition) is 5. The van der Waals surface area contributed by atoms with Crippen LogP contribution >= 0.6 is 0 Å². The monoisotopic (exact) mass is 390 g/mol. The van der Waals surface area contributed by atoms with Gasteiger partial charge in [0.25, 0.3) is 0 Å². The molecule has 3 rings (SSSR count). The molecule has 0 spiro atoms. The Morgan fingerprint density at radius 1 is 1.15 bits per heavy atom. The highest BCUT2D eigenvalue weighted by Gasteiger charge is 2.31. The van der Waals surface area contributed by atoms with Crippen molar-refractivity contribution in [3.8, 4) is 11.5 Å². The van der Waals surface area contributed by atoms with Gasteiger partial charge in [-0.05, 0) is 37.1 Å². The van der Waals surface area contributed by atoms with E-state index in [-0.39, 0.29) is 16.6 Å². The normalized spacial score (nSPS) is 14.6. The minimum Gasteiger partial charge on any atom is -0.497 e. The Hall–Kier alpha value is -2.58. The third kappa shape index (κ3) is 3.77. The Morgan fingerprint density at radius 2 is 1.89 bits per heavy atom. The molecule has 2 aromatic rings. The van der Waals surface area contributed by atoms with Crippen molar-refractivity contribution in [2.45, 2.75) is 24.3 Å². The first-order valence-electron chi connectivity index (χ1n) is 8.51. The molecule has 2 aromatic carbocycles. The van der Waals surface area contributed by atoms with Crippen molar-refractivity contribution >= 4 is 21.6 Å². The van der Waals surface area contributed by atoms with Crippen molar-refractivity contribution in [2.75, 3.05) is 25.7 Å². The summed E-state index contributed by atoms with van der Waals surface area (Å²) >= 11 is 0. The summed E-state index contributed by atoms with van der Waals surface area (Å²) in [4.78, 5) is 14.4. The zero-order chi connectivity index (χ0) is 19.6. The number of hydrogen-bond donors (Lipinski definition) is 1. The van der Waals surface area contributed by atoms with Crippen LogP contribution in [0.5, 0.6) is 11.5 Å². The molecule has 1 amide bonds. The van der Waals surface area contributed by atoms with E-state index in [1.165, 1.54) is 33.3 Å². The number of ether oxygens (including phenoxy) is 2. The van der Waals surface area contributed by atoms with Crippen LogP contribution < -0.4 is 19.1 Å². The molecule has 0 saturated carbocycles. The predicted molar refractivity (Wildman–Crippen MR) is 102 cm³/mol. The molecule has 1 heterocycles. The summed E-state index contributed by atoms with van der Waals surface area (Å²) in [6, 6.07) is 11.2. The molecule has 7 nitrogen and oxygen atoms in total. The third-order valence-electron chi connectivity index (χ3n) is 4.52. The average Bonchev–Trinajstić information content (AvgIpc) is 3.10. The Labute approximate surface area is 158 Å². The van der Waals surface area contributed by atoms with Gasteiger partial charge in [0.15, 0.2) is 0 Å². The predicted octanol–water partition coefficient (Wildman–Crippen LogP) is 1.96. The van der Waals surface area contributed by atoms with E-state index in [0.717, 1.165) is 17.7 Å². The maximum atomic E-state index is 12.8. The van der Waals surface area contributed by atoms with Crippen molar-refractivity contribution < 1.29 is 22.7 Å². The van der Waals surface area contributed by atoms with Crippen LogP contribution in [-0.4, -0.2) is 41.1 Å². The Bertz CT molecular complexity index is 958. The summed E-state index contributed by atoms with van der Waals surface area (Å²) in [5, 5.41) is 0. The summed E-state index contributed by atoms with van der Waals surface area (Å²) < 4.78 is 38.4. The van der Waals surface area contributed by atoms with E-state index in [1.54, 1.807) is 11.0 Å². The molecule has 0 fully saturated rings. The van der Waals surface area contributed by atoms with Gasteiger partial charge in [-0.3, -0.25) is 4.79 Å². The maximum absolute atomic E-state index is 12.8. The highest BCUT2D eigenvalue weighted by Crippen LogP contribution is 2.30. The van der Waals surface area contributed by atoms with Crippen LogP contribution in [0.2, 0.25) is 0 Å². The number of fused-ring (bicyclic) bond motifs is 1. The number of carbonyl (C=O) groups is 1. The highest BCUT2D eigenvalue weighted by atomic mass is 32.2. The van der Waals surface area contributed by atoms with Gasteiger partial charge in [-0.25, -0.2) is 8.42 Å². The minimum atomic E-state index is -3.99. The van der Waals surface area contributed by atoms with Gasteiger partial charge in [0.05, 0.1) is 20.3 Å². The van der Waals surface area contributed by atoms with Crippen molar-refractivity contribution in [3.05, 3.63) is 48.0 Å². The number of rotatable bonds is 6. The van der Waals surface area contributed by atoms with Gasteiger partial charge in [-0.2, -0.15) is 4.72 Å². The van der Waals surface area contributed by atoms with E-state index < -0.39 is 16.1 Å². The van der Waals surface area contributed by atoms with Crippen LogP contribution in [0.3, 0.4) is 0 Å². The molecule has 0 aliphatic carbocycles. The second-order valence-electron chi connectivity index (χ2n) is 6.23. The van der Waals surface area contributed by atoms with Crippen molar-refractivity contribution in [3.63, 3.8) is 0 Å². The first-order chi connectivity index (χ1) is 12.9. The maximum Gasteiger partial charge on any atom is 0.245 e. The Morgan fingerprint density at radius 3 is 2.59 bits per heavy atom. The number of nitrogens with zero attached hydrogens (tertiary/aromatic N) is 1. The van der Waals surface area contributed by atoms with Gasteiger partial charge in [0.1, 0.15) is 16.4 Å². The molecule has 27 heavy (non-hydrogen) atoms. The third-order valence-corrected chi connectivity index (χ3v) is 6.08. The van der Waals surface area contributed by atoms with Crippen LogP contribution in [0.25, 0.3) is 0 Å². The number of amides is 1. The van der Waals surface area contributed by atoms with Crippen LogP contribution in [0.4, 0.5) is 5.69 Å². The molecular formula is C19H22N2O5S. The smallest absolute Gasteiger partial charge is 0.245 e. The first kappa shape index (κ1) is 19.2. The van der Waals surface area contributed by atoms with Crippen LogP contribution in [0.1, 0.15) is 12.5 Å². The summed E-state index contributed by atoms with van der Waals surface area (Å²) in [6.07, 6.45) is 0.755. The molecule has 1 aliphatic heterocycles. The molecule has 0 bridgehead atoms. The van der Waals surface area contributed by atoms with E-state index in [4.69, 9.17) is 9.47 Å². The van der Waals surface area contributed by atoms with Crippen LogP contribution in [0.15, 0.2) is 47.4 Å². The topological polar surface area (TPSA) is 84.9 Å². The number of carbonyl (C=O) groups excluding carboxylic acids is 1. The molecule has 0 radical (unpaired) electrons. The van der Waals surface area contributed by atoms with Crippen molar-refractivity contribution in [2.24, 2.45) is 0 Å². The SMILES string of the molecule is COc1ccc(OC)c(S(=O)(=O)N[C@@H](C)C(=O)N2CCc3ccccc32)c1. The molecule has 0 saturated heterocycles. The number of benzene rings is 2. The zero-order valence-corrected chi connectivity index (χ0v) is 16.2. The first-order valence-corrected chi connectivity index (χ1v) is 9.99. The summed E-state index contributed by atoms with van der Waals surface area (Å²) in [7, 11) is -1.16. The van der Waals surface area contributed by atoms with E-state index in [1.807, 2.05) is 24.3 Å². The second-order valence-corrected chi connectivity index (χ2v) is 7.91. The largest absolute Gasteiger partial charge is 0.497 e. The van der Waals surface area contributed by atoms with Gasteiger partial charge in [-0.15, -0.1) is 0 Å². The number of sulfonamides is 1. The van der Waals surface area contributed by atoms with Gasteiger partial charge >= 0.3 is 0 Å². The Kier molecular flexibility index (Phi) is 5.38. The lowest BCUT2D eigenvalue weighted by molar-refractivity contribution is -0.119. The summed E-state index contributed by atoms with van der Waals surface area (Å²) in [6.45, 7) is 2.07. The number of anilines is 1. The standard InChI is InChI=1S/C19H22N2O5S/c1-13(19(22)21-11-10-14-6-4-5-7-16(14)21)20-27(23,24)18-12-15(25-2)8-9-17(18)26-3/h4-9,12-13,20H,10-11H2,1-3H3/t13-/m0/s1. The lowest BCUT2D eigenvalue weighted by Gasteiger charge is -2.22. The fourth-order valence-corrected chi connectivity index (χ4v) is 4.52. The van der Waals surface area contributed by atoms with E-state index in [2.05, 4.69) is 4.72 Å². The van der Waals surface area contributed by atoms with Crippen LogP contribution in [-0.2, 0) is 21.2 Å². The summed E-state index contributed by atoms with van der Waals surface area (Å²) in [5.41, 5.74) is 1.91. The lowest BCUT2D eigenvalue weighted by Crippen LogP contribution is -2.46. The molecule has 144 valence electrons. The van der Waals surface area contributed by atoms with E-state index >= 15 is 0 Å². The van der Waals surface area contributed by atoms with Gasteiger partial charge in [0, 0.05) is 18.3 Å². The molecule has 1 N–H and O–H groups in total. The molecule has 0 aromatic heterocycles. The quantitative estimate of drug-likeness (QED) is 0.815. The summed E-state index contributed by atoms with van der Waals surface area (Å²) in [5.74, 6) is 0.253. The molecular weight excluding hydrogens is 368 g/mol. The van der Waals surface area contributed by atoms with E-state index in [0.29, 0.717) is 12.3 Å². The van der Waals surface area contributed by atoms with Crippen LogP contribution in [0, 0.1) is 0 Å². The fraction of sp³-hybridized carbons (Fsp3) is 0.316. The number of nitrogens with one attached hydrogen (secondary N) is 1. The second kappa shape index (κ2) is 7.58. The average molecular weight is 390 g/mol. The molecule has 1 atom stereocenters. The zero-order valence-electron chi connectivity index (χ0n) is 15.4. The highest BCUT2D eigenvalue weighted by molar-refractivity contribution is 7.89. The van der Waals surface area contributed by atoms with Gasteiger partial charge in [-0.1, -0.05) is 18.2 Å². The van der Waals surface area contributed by atoms with E-state index in [9.17, 15) is 13.2 Å². The van der Waals surface area contributed by atoms with Crippen molar-refractivity contribution in [1.82, 2.24) is 4.72 Å². The molecule has 8 heteroatoms.